The highest BCUT2D eigenvalue weighted by Gasteiger charge is 2.28. The molecule has 2 unspecified atom stereocenters. The first-order valence-electron chi connectivity index (χ1n) is 7.32. The molecule has 1 aliphatic carbocycles. The maximum Gasteiger partial charge on any atom is 0.0683 e. The fourth-order valence-corrected chi connectivity index (χ4v) is 3.02. The zero-order valence-electron chi connectivity index (χ0n) is 12.3. The smallest absolute Gasteiger partial charge is 0.0683 e. The molecule has 3 nitrogen and oxygen atoms in total. The van der Waals surface area contributed by atoms with Crippen LogP contribution in [0.25, 0.3) is 0 Å². The lowest BCUT2D eigenvalue weighted by atomic mass is 9.89. The van der Waals surface area contributed by atoms with Crippen LogP contribution in [0.15, 0.2) is 0 Å². The van der Waals surface area contributed by atoms with Gasteiger partial charge in [0.25, 0.3) is 0 Å². The molecule has 104 valence electrons. The molecule has 18 heavy (non-hydrogen) atoms. The van der Waals surface area contributed by atoms with Crippen LogP contribution >= 0.6 is 0 Å². The van der Waals surface area contributed by atoms with E-state index in [0.29, 0.717) is 12.0 Å². The van der Waals surface area contributed by atoms with Crippen LogP contribution in [-0.2, 0) is 0 Å². The quantitative estimate of drug-likeness (QED) is 0.708. The second-order valence-corrected chi connectivity index (χ2v) is 6.43. The molecule has 0 saturated heterocycles. The molecule has 0 bridgehead atoms. The fraction of sp³-hybridized carbons (Fsp3) is 0.933. The molecule has 0 aliphatic heterocycles. The van der Waals surface area contributed by atoms with Crippen molar-refractivity contribution in [2.24, 2.45) is 17.1 Å². The number of rotatable bonds is 7. The van der Waals surface area contributed by atoms with Crippen molar-refractivity contribution in [1.29, 1.82) is 5.26 Å². The molecule has 0 spiro atoms. The summed E-state index contributed by atoms with van der Waals surface area (Å²) in [4.78, 5) is 2.49. The largest absolute Gasteiger partial charge is 0.330 e. The van der Waals surface area contributed by atoms with Crippen molar-refractivity contribution in [3.05, 3.63) is 0 Å². The number of hydrogen-bond donors (Lipinski definition) is 1. The maximum atomic E-state index is 8.97. The number of nitriles is 1. The average Bonchev–Trinajstić information content (AvgIpc) is 2.82. The molecule has 0 heterocycles. The molecule has 1 saturated carbocycles. The van der Waals surface area contributed by atoms with Crippen LogP contribution in [0.2, 0.25) is 0 Å². The van der Waals surface area contributed by atoms with Crippen molar-refractivity contribution in [3.63, 3.8) is 0 Å². The Balaban J connectivity index is 2.21. The number of nitrogens with two attached hydrogens (primary N) is 1. The summed E-state index contributed by atoms with van der Waals surface area (Å²) in [5.74, 6) is 0.700. The minimum atomic E-state index is -0.161. The lowest BCUT2D eigenvalue weighted by Gasteiger charge is -2.29. The zero-order valence-corrected chi connectivity index (χ0v) is 12.3. The normalized spacial score (nSPS) is 24.4. The molecule has 1 aliphatic rings. The molecule has 0 aromatic carbocycles. The molecular weight excluding hydrogens is 222 g/mol. The van der Waals surface area contributed by atoms with Crippen molar-refractivity contribution in [1.82, 2.24) is 4.90 Å². The van der Waals surface area contributed by atoms with Gasteiger partial charge in [-0.3, -0.25) is 0 Å². The standard InChI is InChI=1S/C15H29N3/c1-15(2,12-17)9-4-5-10-18(3)14-8-6-7-13(14)11-16/h13-14H,4-11,16H2,1-3H3. The molecule has 0 radical (unpaired) electrons. The molecule has 1 rings (SSSR count). The predicted molar refractivity (Wildman–Crippen MR) is 76.1 cm³/mol. The van der Waals surface area contributed by atoms with Crippen LogP contribution < -0.4 is 5.73 Å². The van der Waals surface area contributed by atoms with Gasteiger partial charge in [-0.25, -0.2) is 0 Å². The predicted octanol–water partition coefficient (Wildman–Crippen LogP) is 2.77. The molecular formula is C15H29N3. The van der Waals surface area contributed by atoms with Crippen LogP contribution in [0.3, 0.4) is 0 Å². The Morgan fingerprint density at radius 1 is 1.33 bits per heavy atom. The van der Waals surface area contributed by atoms with Gasteiger partial charge in [-0.2, -0.15) is 5.26 Å². The van der Waals surface area contributed by atoms with Gasteiger partial charge in [0.2, 0.25) is 0 Å². The van der Waals surface area contributed by atoms with Gasteiger partial charge in [0.1, 0.15) is 0 Å². The van der Waals surface area contributed by atoms with Gasteiger partial charge in [-0.05, 0) is 65.6 Å². The summed E-state index contributed by atoms with van der Waals surface area (Å²) in [5, 5.41) is 8.97. The summed E-state index contributed by atoms with van der Waals surface area (Å²) >= 11 is 0. The zero-order chi connectivity index (χ0) is 13.6. The van der Waals surface area contributed by atoms with E-state index in [0.717, 1.165) is 25.9 Å². The summed E-state index contributed by atoms with van der Waals surface area (Å²) in [6, 6.07) is 3.06. The third-order valence-corrected chi connectivity index (χ3v) is 4.35. The van der Waals surface area contributed by atoms with E-state index in [1.54, 1.807) is 0 Å². The molecule has 0 aromatic rings. The summed E-state index contributed by atoms with van der Waals surface area (Å²) in [6.07, 6.45) is 7.27. The van der Waals surface area contributed by atoms with Gasteiger partial charge in [-0.15, -0.1) is 0 Å². The van der Waals surface area contributed by atoms with E-state index in [2.05, 4.69) is 18.0 Å². The van der Waals surface area contributed by atoms with Gasteiger partial charge in [0, 0.05) is 6.04 Å². The topological polar surface area (TPSA) is 53.0 Å². The van der Waals surface area contributed by atoms with Crippen molar-refractivity contribution in [2.75, 3.05) is 20.1 Å². The first kappa shape index (κ1) is 15.5. The van der Waals surface area contributed by atoms with Gasteiger partial charge < -0.3 is 10.6 Å². The number of unbranched alkanes of at least 4 members (excludes halogenated alkanes) is 1. The van der Waals surface area contributed by atoms with E-state index < -0.39 is 0 Å². The Morgan fingerprint density at radius 3 is 2.67 bits per heavy atom. The summed E-state index contributed by atoms with van der Waals surface area (Å²) in [5.41, 5.74) is 5.67. The van der Waals surface area contributed by atoms with E-state index in [9.17, 15) is 0 Å². The first-order valence-corrected chi connectivity index (χ1v) is 7.32. The van der Waals surface area contributed by atoms with Crippen LogP contribution in [0.4, 0.5) is 0 Å². The molecule has 3 heteroatoms. The highest BCUT2D eigenvalue weighted by molar-refractivity contribution is 4.91. The SMILES string of the molecule is CN(CCCCC(C)(C)C#N)C1CCCC1CN. The Bertz CT molecular complexity index is 280. The fourth-order valence-electron chi connectivity index (χ4n) is 3.02. The van der Waals surface area contributed by atoms with Crippen LogP contribution in [0.5, 0.6) is 0 Å². The Hall–Kier alpha value is -0.590. The van der Waals surface area contributed by atoms with E-state index in [4.69, 9.17) is 11.0 Å². The van der Waals surface area contributed by atoms with Gasteiger partial charge >= 0.3 is 0 Å². The third kappa shape index (κ3) is 4.59. The lowest BCUT2D eigenvalue weighted by molar-refractivity contribution is 0.195. The van der Waals surface area contributed by atoms with E-state index in [-0.39, 0.29) is 5.41 Å². The highest BCUT2D eigenvalue weighted by atomic mass is 15.1. The van der Waals surface area contributed by atoms with Gasteiger partial charge in [0.05, 0.1) is 11.5 Å². The summed E-state index contributed by atoms with van der Waals surface area (Å²) in [6.45, 7) is 6.02. The van der Waals surface area contributed by atoms with Crippen LogP contribution in [0, 0.1) is 22.7 Å². The van der Waals surface area contributed by atoms with Gasteiger partial charge in [0.15, 0.2) is 0 Å². The minimum Gasteiger partial charge on any atom is -0.330 e. The number of nitrogens with zero attached hydrogens (tertiary/aromatic N) is 2. The number of hydrogen-bond acceptors (Lipinski definition) is 3. The van der Waals surface area contributed by atoms with E-state index in [1.165, 1.54) is 25.7 Å². The lowest BCUT2D eigenvalue weighted by Crippen LogP contribution is -2.38. The highest BCUT2D eigenvalue weighted by Crippen LogP contribution is 2.29. The molecule has 2 N–H and O–H groups in total. The molecule has 0 amide bonds. The average molecular weight is 251 g/mol. The Morgan fingerprint density at radius 2 is 2.06 bits per heavy atom. The van der Waals surface area contributed by atoms with E-state index >= 15 is 0 Å². The van der Waals surface area contributed by atoms with Crippen LogP contribution in [-0.4, -0.2) is 31.1 Å². The third-order valence-electron chi connectivity index (χ3n) is 4.35. The molecule has 0 aromatic heterocycles. The Labute approximate surface area is 112 Å². The van der Waals surface area contributed by atoms with E-state index in [1.807, 2.05) is 13.8 Å². The maximum absolute atomic E-state index is 8.97. The second kappa shape index (κ2) is 7.11. The van der Waals surface area contributed by atoms with Gasteiger partial charge in [-0.1, -0.05) is 12.8 Å². The van der Waals surface area contributed by atoms with Crippen molar-refractivity contribution in [2.45, 2.75) is 58.4 Å². The molecule has 1 fully saturated rings. The van der Waals surface area contributed by atoms with Crippen molar-refractivity contribution < 1.29 is 0 Å². The monoisotopic (exact) mass is 251 g/mol. The summed E-state index contributed by atoms with van der Waals surface area (Å²) in [7, 11) is 2.23. The second-order valence-electron chi connectivity index (χ2n) is 6.43. The molecule has 2 atom stereocenters. The van der Waals surface area contributed by atoms with Crippen molar-refractivity contribution in [3.8, 4) is 6.07 Å². The summed E-state index contributed by atoms with van der Waals surface area (Å²) < 4.78 is 0. The Kier molecular flexibility index (Phi) is 6.11. The van der Waals surface area contributed by atoms with Crippen LogP contribution in [0.1, 0.15) is 52.4 Å². The van der Waals surface area contributed by atoms with Crippen molar-refractivity contribution >= 4 is 0 Å². The first-order chi connectivity index (χ1) is 8.50. The minimum absolute atomic E-state index is 0.161.